The predicted molar refractivity (Wildman–Crippen MR) is 85.1 cm³/mol. The third-order valence-corrected chi connectivity index (χ3v) is 4.76. The van der Waals surface area contributed by atoms with Crippen molar-refractivity contribution in [1.29, 1.82) is 0 Å². The summed E-state index contributed by atoms with van der Waals surface area (Å²) in [5.74, 6) is 0. The summed E-state index contributed by atoms with van der Waals surface area (Å²) in [6, 6.07) is 7.89. The van der Waals surface area contributed by atoms with Gasteiger partial charge in [-0.2, -0.15) is 0 Å². The van der Waals surface area contributed by atoms with E-state index in [-0.39, 0.29) is 0 Å². The molecule has 1 heterocycles. The molecule has 1 unspecified atom stereocenters. The van der Waals surface area contributed by atoms with Gasteiger partial charge in [0.05, 0.1) is 0 Å². The molecule has 0 saturated carbocycles. The first-order chi connectivity index (χ1) is 9.85. The van der Waals surface area contributed by atoms with Crippen LogP contribution in [0.25, 0.3) is 0 Å². The third kappa shape index (κ3) is 3.42. The number of hydrogen-bond donors (Lipinski definition) is 1. The summed E-state index contributed by atoms with van der Waals surface area (Å²) in [5, 5.41) is 3.69. The molecule has 3 rings (SSSR count). The molecule has 1 aromatic carbocycles. The summed E-state index contributed by atoms with van der Waals surface area (Å²) < 4.78 is 0. The molecule has 0 amide bonds. The topological polar surface area (TPSA) is 15.3 Å². The molecule has 0 radical (unpaired) electrons. The zero-order valence-corrected chi connectivity index (χ0v) is 12.8. The molecule has 20 heavy (non-hydrogen) atoms. The number of nitrogens with one attached hydrogen (secondary N) is 1. The first kappa shape index (κ1) is 14.1. The van der Waals surface area contributed by atoms with E-state index in [1.807, 2.05) is 0 Å². The normalized spacial score (nSPS) is 22.9. The van der Waals surface area contributed by atoms with Crippen molar-refractivity contribution < 1.29 is 0 Å². The zero-order chi connectivity index (χ0) is 13.8. The number of hydrogen-bond acceptors (Lipinski definition) is 2. The molecular weight excluding hydrogens is 244 g/mol. The quantitative estimate of drug-likeness (QED) is 0.886. The fourth-order valence-electron chi connectivity index (χ4n) is 3.70. The Morgan fingerprint density at radius 1 is 1.20 bits per heavy atom. The summed E-state index contributed by atoms with van der Waals surface area (Å²) in [5.41, 5.74) is 4.72. The summed E-state index contributed by atoms with van der Waals surface area (Å²) in [6.07, 6.45) is 7.87. The van der Waals surface area contributed by atoms with E-state index in [4.69, 9.17) is 0 Å². The molecular formula is C18H28N2. The van der Waals surface area contributed by atoms with Gasteiger partial charge in [-0.15, -0.1) is 0 Å². The van der Waals surface area contributed by atoms with Crippen LogP contribution in [0.2, 0.25) is 0 Å². The number of fused-ring (bicyclic) bond motifs is 1. The maximum atomic E-state index is 3.69. The molecule has 0 aromatic heterocycles. The summed E-state index contributed by atoms with van der Waals surface area (Å²) in [6.45, 7) is 7.03. The van der Waals surface area contributed by atoms with Crippen LogP contribution in [0.1, 0.15) is 49.3 Å². The van der Waals surface area contributed by atoms with Crippen LogP contribution in [0.15, 0.2) is 18.2 Å². The Morgan fingerprint density at radius 2 is 2.10 bits per heavy atom. The van der Waals surface area contributed by atoms with Crippen molar-refractivity contribution in [3.63, 3.8) is 0 Å². The summed E-state index contributed by atoms with van der Waals surface area (Å²) in [7, 11) is 0. The van der Waals surface area contributed by atoms with E-state index in [1.165, 1.54) is 57.2 Å². The van der Waals surface area contributed by atoms with Crippen molar-refractivity contribution in [2.24, 2.45) is 0 Å². The van der Waals surface area contributed by atoms with E-state index in [1.54, 1.807) is 11.1 Å². The Hall–Kier alpha value is -0.860. The van der Waals surface area contributed by atoms with Crippen molar-refractivity contribution in [1.82, 2.24) is 10.2 Å². The molecule has 1 aromatic rings. The summed E-state index contributed by atoms with van der Waals surface area (Å²) >= 11 is 0. The van der Waals surface area contributed by atoms with Crippen LogP contribution in [0.3, 0.4) is 0 Å². The van der Waals surface area contributed by atoms with Crippen molar-refractivity contribution in [2.45, 2.75) is 58.0 Å². The van der Waals surface area contributed by atoms with E-state index < -0.39 is 0 Å². The monoisotopic (exact) mass is 272 g/mol. The second-order valence-electron chi connectivity index (χ2n) is 6.49. The second kappa shape index (κ2) is 6.73. The Morgan fingerprint density at radius 3 is 3.00 bits per heavy atom. The zero-order valence-electron chi connectivity index (χ0n) is 12.8. The molecule has 1 N–H and O–H groups in total. The molecule has 1 aliphatic carbocycles. The Kier molecular flexibility index (Phi) is 4.74. The fourth-order valence-corrected chi connectivity index (χ4v) is 3.70. The van der Waals surface area contributed by atoms with Crippen LogP contribution >= 0.6 is 0 Å². The first-order valence-electron chi connectivity index (χ1n) is 8.41. The maximum Gasteiger partial charge on any atom is 0.0234 e. The fraction of sp³-hybridized carbons (Fsp3) is 0.667. The van der Waals surface area contributed by atoms with Crippen molar-refractivity contribution in [3.8, 4) is 0 Å². The summed E-state index contributed by atoms with van der Waals surface area (Å²) in [4.78, 5) is 2.63. The van der Waals surface area contributed by atoms with Gasteiger partial charge in [-0.05, 0) is 68.3 Å². The number of benzene rings is 1. The molecule has 110 valence electrons. The minimum Gasteiger partial charge on any atom is -0.313 e. The van der Waals surface area contributed by atoms with Crippen LogP contribution in [-0.2, 0) is 19.4 Å². The average Bonchev–Trinajstić information content (AvgIpc) is 2.93. The van der Waals surface area contributed by atoms with Gasteiger partial charge in [0.1, 0.15) is 0 Å². The average molecular weight is 272 g/mol. The first-order valence-corrected chi connectivity index (χ1v) is 8.41. The highest BCUT2D eigenvalue weighted by Gasteiger charge is 2.19. The lowest BCUT2D eigenvalue weighted by atomic mass is 10.0. The second-order valence-corrected chi connectivity index (χ2v) is 6.49. The van der Waals surface area contributed by atoms with Crippen LogP contribution in [0, 0.1) is 0 Å². The number of rotatable bonds is 5. The van der Waals surface area contributed by atoms with Gasteiger partial charge in [0, 0.05) is 19.1 Å². The third-order valence-electron chi connectivity index (χ3n) is 4.76. The Labute approximate surface area is 123 Å². The SMILES string of the molecule is CCCNC1CCCN(Cc2ccc3c(c2)CCC3)C1. The van der Waals surface area contributed by atoms with Gasteiger partial charge in [0.25, 0.3) is 0 Å². The van der Waals surface area contributed by atoms with Gasteiger partial charge in [0.15, 0.2) is 0 Å². The standard InChI is InChI=1S/C18H28N2/c1-2-10-19-18-7-4-11-20(14-18)13-15-8-9-16-5-3-6-17(16)12-15/h8-9,12,18-19H,2-7,10-11,13-14H2,1H3. The van der Waals surface area contributed by atoms with Crippen LogP contribution < -0.4 is 5.32 Å². The molecule has 2 heteroatoms. The van der Waals surface area contributed by atoms with Gasteiger partial charge < -0.3 is 5.32 Å². The molecule has 1 fully saturated rings. The van der Waals surface area contributed by atoms with Crippen molar-refractivity contribution >= 4 is 0 Å². The lowest BCUT2D eigenvalue weighted by Gasteiger charge is -2.33. The van der Waals surface area contributed by atoms with Gasteiger partial charge in [0.2, 0.25) is 0 Å². The van der Waals surface area contributed by atoms with Crippen LogP contribution in [-0.4, -0.2) is 30.6 Å². The van der Waals surface area contributed by atoms with Crippen molar-refractivity contribution in [3.05, 3.63) is 34.9 Å². The van der Waals surface area contributed by atoms with Gasteiger partial charge >= 0.3 is 0 Å². The minimum atomic E-state index is 0.707. The smallest absolute Gasteiger partial charge is 0.0234 e. The van der Waals surface area contributed by atoms with Crippen LogP contribution in [0.4, 0.5) is 0 Å². The van der Waals surface area contributed by atoms with E-state index in [0.717, 1.165) is 13.1 Å². The number of nitrogens with zero attached hydrogens (tertiary/aromatic N) is 1. The molecule has 1 aliphatic heterocycles. The van der Waals surface area contributed by atoms with Gasteiger partial charge in [-0.1, -0.05) is 25.1 Å². The number of piperidine rings is 1. The molecule has 0 bridgehead atoms. The van der Waals surface area contributed by atoms with E-state index >= 15 is 0 Å². The van der Waals surface area contributed by atoms with Gasteiger partial charge in [-0.3, -0.25) is 4.90 Å². The highest BCUT2D eigenvalue weighted by molar-refractivity contribution is 5.35. The molecule has 2 aliphatic rings. The molecule has 0 spiro atoms. The molecule has 1 atom stereocenters. The van der Waals surface area contributed by atoms with Gasteiger partial charge in [-0.25, -0.2) is 0 Å². The lowest BCUT2D eigenvalue weighted by Crippen LogP contribution is -2.45. The lowest BCUT2D eigenvalue weighted by molar-refractivity contribution is 0.183. The largest absolute Gasteiger partial charge is 0.313 e. The number of likely N-dealkylation sites (tertiary alicyclic amines) is 1. The maximum absolute atomic E-state index is 3.69. The predicted octanol–water partition coefficient (Wildman–Crippen LogP) is 3.14. The highest BCUT2D eigenvalue weighted by atomic mass is 15.2. The van der Waals surface area contributed by atoms with E-state index in [2.05, 4.69) is 35.3 Å². The van der Waals surface area contributed by atoms with E-state index in [0.29, 0.717) is 6.04 Å². The van der Waals surface area contributed by atoms with Crippen molar-refractivity contribution in [2.75, 3.05) is 19.6 Å². The Balaban J connectivity index is 1.57. The molecule has 1 saturated heterocycles. The number of aryl methyl sites for hydroxylation is 2. The highest BCUT2D eigenvalue weighted by Crippen LogP contribution is 2.24. The van der Waals surface area contributed by atoms with E-state index in [9.17, 15) is 0 Å². The Bertz CT molecular complexity index is 441. The van der Waals surface area contributed by atoms with Crippen LogP contribution in [0.5, 0.6) is 0 Å². The molecule has 2 nitrogen and oxygen atoms in total. The minimum absolute atomic E-state index is 0.707.